The minimum Gasteiger partial charge on any atom is -0.477 e. The van der Waals surface area contributed by atoms with Crippen LogP contribution in [0.2, 0.25) is 0 Å². The predicted molar refractivity (Wildman–Crippen MR) is 56.5 cm³/mol. The molecule has 0 amide bonds. The standard InChI is InChI=1S/C9H11NO4S/c1-5(2)3-7-6(10(13)14)4-8(15-7)9(11)12/h4-5H,3H2,1-2H3,(H,11,12). The largest absolute Gasteiger partial charge is 0.477 e. The molecule has 1 heterocycles. The molecule has 0 radical (unpaired) electrons. The van der Waals surface area contributed by atoms with E-state index >= 15 is 0 Å². The van der Waals surface area contributed by atoms with Crippen LogP contribution in [0.3, 0.4) is 0 Å². The summed E-state index contributed by atoms with van der Waals surface area (Å²) in [6.07, 6.45) is 0.536. The molecule has 0 bridgehead atoms. The Morgan fingerprint density at radius 2 is 2.27 bits per heavy atom. The zero-order chi connectivity index (χ0) is 11.6. The van der Waals surface area contributed by atoms with Crippen LogP contribution in [0.1, 0.15) is 28.4 Å². The number of rotatable bonds is 4. The molecule has 0 aromatic carbocycles. The van der Waals surface area contributed by atoms with Crippen LogP contribution in [0.4, 0.5) is 5.69 Å². The maximum atomic E-state index is 10.7. The number of thiophene rings is 1. The first-order chi connectivity index (χ1) is 6.91. The van der Waals surface area contributed by atoms with Crippen LogP contribution in [0, 0.1) is 16.0 Å². The van der Waals surface area contributed by atoms with Crippen molar-refractivity contribution >= 4 is 23.0 Å². The average Bonchev–Trinajstić information content (AvgIpc) is 2.46. The lowest BCUT2D eigenvalue weighted by molar-refractivity contribution is -0.385. The van der Waals surface area contributed by atoms with Crippen LogP contribution in [0.25, 0.3) is 0 Å². The van der Waals surface area contributed by atoms with Gasteiger partial charge in [-0.25, -0.2) is 4.79 Å². The molecule has 0 saturated carbocycles. The van der Waals surface area contributed by atoms with Gasteiger partial charge in [-0.15, -0.1) is 11.3 Å². The van der Waals surface area contributed by atoms with Gasteiger partial charge in [-0.3, -0.25) is 10.1 Å². The number of carbonyl (C=O) groups is 1. The summed E-state index contributed by atoms with van der Waals surface area (Å²) < 4.78 is 0. The normalized spacial score (nSPS) is 10.6. The van der Waals surface area contributed by atoms with Crippen LogP contribution in [-0.4, -0.2) is 16.0 Å². The first-order valence-corrected chi connectivity index (χ1v) is 5.24. The van der Waals surface area contributed by atoms with E-state index in [0.29, 0.717) is 11.3 Å². The van der Waals surface area contributed by atoms with Gasteiger partial charge in [0, 0.05) is 6.07 Å². The average molecular weight is 229 g/mol. The molecule has 0 atom stereocenters. The van der Waals surface area contributed by atoms with Gasteiger partial charge < -0.3 is 5.11 Å². The highest BCUT2D eigenvalue weighted by Crippen LogP contribution is 2.31. The number of hydrogen-bond donors (Lipinski definition) is 1. The summed E-state index contributed by atoms with van der Waals surface area (Å²) in [5.41, 5.74) is -0.0777. The van der Waals surface area contributed by atoms with E-state index in [2.05, 4.69) is 0 Å². The Balaban J connectivity index is 3.11. The molecule has 0 aliphatic carbocycles. The van der Waals surface area contributed by atoms with Crippen molar-refractivity contribution in [2.24, 2.45) is 5.92 Å². The van der Waals surface area contributed by atoms with Gasteiger partial charge in [-0.2, -0.15) is 0 Å². The zero-order valence-electron chi connectivity index (χ0n) is 8.39. The lowest BCUT2D eigenvalue weighted by atomic mass is 10.1. The van der Waals surface area contributed by atoms with Gasteiger partial charge in [0.05, 0.1) is 9.80 Å². The third kappa shape index (κ3) is 2.76. The third-order valence-corrected chi connectivity index (χ3v) is 2.92. The molecule has 15 heavy (non-hydrogen) atoms. The monoisotopic (exact) mass is 229 g/mol. The van der Waals surface area contributed by atoms with Crippen molar-refractivity contribution in [3.05, 3.63) is 25.9 Å². The van der Waals surface area contributed by atoms with E-state index in [4.69, 9.17) is 5.11 Å². The second-order valence-corrected chi connectivity index (χ2v) is 4.72. The molecule has 0 aliphatic heterocycles. The van der Waals surface area contributed by atoms with Crippen molar-refractivity contribution in [3.8, 4) is 0 Å². The van der Waals surface area contributed by atoms with Crippen LogP contribution in [0.5, 0.6) is 0 Å². The minimum atomic E-state index is -1.11. The molecule has 5 nitrogen and oxygen atoms in total. The molecule has 1 aromatic heterocycles. The lowest BCUT2D eigenvalue weighted by Crippen LogP contribution is -1.95. The van der Waals surface area contributed by atoms with Crippen molar-refractivity contribution in [1.29, 1.82) is 0 Å². The predicted octanol–water partition coefficient (Wildman–Crippen LogP) is 2.55. The van der Waals surface area contributed by atoms with E-state index in [1.165, 1.54) is 0 Å². The first-order valence-electron chi connectivity index (χ1n) is 4.42. The summed E-state index contributed by atoms with van der Waals surface area (Å²) in [4.78, 5) is 21.4. The maximum Gasteiger partial charge on any atom is 0.346 e. The lowest BCUT2D eigenvalue weighted by Gasteiger charge is -2.00. The fourth-order valence-corrected chi connectivity index (χ4v) is 2.37. The zero-order valence-corrected chi connectivity index (χ0v) is 9.21. The Bertz CT molecular complexity index is 397. The minimum absolute atomic E-state index is 0.0253. The van der Waals surface area contributed by atoms with Crippen molar-refractivity contribution < 1.29 is 14.8 Å². The molecule has 82 valence electrons. The Kier molecular flexibility index (Phi) is 3.41. The first kappa shape index (κ1) is 11.6. The molecule has 0 saturated heterocycles. The summed E-state index contributed by atoms with van der Waals surface area (Å²) in [6.45, 7) is 3.87. The Morgan fingerprint density at radius 3 is 2.67 bits per heavy atom. The number of carboxylic acid groups (broad SMARTS) is 1. The van der Waals surface area contributed by atoms with Gasteiger partial charge in [0.2, 0.25) is 0 Å². The summed E-state index contributed by atoms with van der Waals surface area (Å²) >= 11 is 0.983. The van der Waals surface area contributed by atoms with Gasteiger partial charge in [-0.05, 0) is 12.3 Å². The number of nitrogens with zero attached hydrogens (tertiary/aromatic N) is 1. The van der Waals surface area contributed by atoms with Gasteiger partial charge in [-0.1, -0.05) is 13.8 Å². The van der Waals surface area contributed by atoms with Gasteiger partial charge in [0.15, 0.2) is 0 Å². The van der Waals surface area contributed by atoms with E-state index < -0.39 is 10.9 Å². The molecule has 0 fully saturated rings. The second kappa shape index (κ2) is 4.39. The summed E-state index contributed by atoms with van der Waals surface area (Å²) in [6, 6.07) is 1.13. The molecular formula is C9H11NO4S. The summed E-state index contributed by atoms with van der Waals surface area (Å²) in [5.74, 6) is -0.845. The molecule has 1 aromatic rings. The van der Waals surface area contributed by atoms with E-state index in [9.17, 15) is 14.9 Å². The Labute approximate surface area is 90.5 Å². The maximum absolute atomic E-state index is 10.7. The van der Waals surface area contributed by atoms with E-state index in [1.807, 2.05) is 13.8 Å². The summed E-state index contributed by atoms with van der Waals surface area (Å²) in [7, 11) is 0. The highest BCUT2D eigenvalue weighted by atomic mass is 32.1. The van der Waals surface area contributed by atoms with Gasteiger partial charge in [0.25, 0.3) is 5.69 Å². The van der Waals surface area contributed by atoms with Crippen LogP contribution in [-0.2, 0) is 6.42 Å². The molecule has 0 spiro atoms. The molecule has 0 unspecified atom stereocenters. The quantitative estimate of drug-likeness (QED) is 0.635. The van der Waals surface area contributed by atoms with E-state index in [1.54, 1.807) is 0 Å². The molecule has 1 rings (SSSR count). The molecular weight excluding hydrogens is 218 g/mol. The fourth-order valence-electron chi connectivity index (χ4n) is 1.20. The Hall–Kier alpha value is -1.43. The molecule has 1 N–H and O–H groups in total. The van der Waals surface area contributed by atoms with E-state index in [0.717, 1.165) is 17.4 Å². The third-order valence-electron chi connectivity index (χ3n) is 1.79. The number of aromatic carboxylic acids is 1. The number of hydrogen-bond acceptors (Lipinski definition) is 4. The van der Waals surface area contributed by atoms with Crippen LogP contribution < -0.4 is 0 Å². The topological polar surface area (TPSA) is 80.4 Å². The van der Waals surface area contributed by atoms with Crippen molar-refractivity contribution in [2.75, 3.05) is 0 Å². The highest BCUT2D eigenvalue weighted by Gasteiger charge is 2.22. The van der Waals surface area contributed by atoms with Gasteiger partial charge in [0.1, 0.15) is 4.88 Å². The molecule has 6 heteroatoms. The van der Waals surface area contributed by atoms with Crippen molar-refractivity contribution in [1.82, 2.24) is 0 Å². The number of carboxylic acids is 1. The van der Waals surface area contributed by atoms with Crippen LogP contribution >= 0.6 is 11.3 Å². The second-order valence-electron chi connectivity index (χ2n) is 3.58. The van der Waals surface area contributed by atoms with E-state index in [-0.39, 0.29) is 16.5 Å². The van der Waals surface area contributed by atoms with Crippen molar-refractivity contribution in [3.63, 3.8) is 0 Å². The van der Waals surface area contributed by atoms with Crippen LogP contribution in [0.15, 0.2) is 6.07 Å². The van der Waals surface area contributed by atoms with Crippen molar-refractivity contribution in [2.45, 2.75) is 20.3 Å². The highest BCUT2D eigenvalue weighted by molar-refractivity contribution is 7.14. The molecule has 0 aliphatic rings. The number of nitro groups is 1. The smallest absolute Gasteiger partial charge is 0.346 e. The SMILES string of the molecule is CC(C)Cc1sc(C(=O)O)cc1[N+](=O)[O-]. The Morgan fingerprint density at radius 1 is 1.67 bits per heavy atom. The summed E-state index contributed by atoms with van der Waals surface area (Å²) in [5, 5.41) is 19.4. The van der Waals surface area contributed by atoms with Gasteiger partial charge >= 0.3 is 5.97 Å². The fraction of sp³-hybridized carbons (Fsp3) is 0.444.